The number of carbonyl (C=O) groups is 1. The fraction of sp³-hybridized carbons (Fsp3) is 0.357. The topological polar surface area (TPSA) is 57.0 Å². The van der Waals surface area contributed by atoms with Crippen LogP contribution in [0.2, 0.25) is 0 Å². The Morgan fingerprint density at radius 2 is 2.00 bits per heavy atom. The summed E-state index contributed by atoms with van der Waals surface area (Å²) in [6.45, 7) is 5.16. The van der Waals surface area contributed by atoms with E-state index in [1.54, 1.807) is 20.8 Å². The first-order chi connectivity index (χ1) is 10.3. The molecule has 0 saturated heterocycles. The van der Waals surface area contributed by atoms with Gasteiger partial charge in [0.05, 0.1) is 23.6 Å². The number of alkyl halides is 3. The van der Waals surface area contributed by atoms with Gasteiger partial charge < -0.3 is 4.74 Å². The summed E-state index contributed by atoms with van der Waals surface area (Å²) in [5, 5.41) is 4.15. The summed E-state index contributed by atoms with van der Waals surface area (Å²) in [4.78, 5) is 15.6. The molecule has 0 fully saturated rings. The average Bonchev–Trinajstić information content (AvgIpc) is 2.73. The Kier molecular flexibility index (Phi) is 4.20. The van der Waals surface area contributed by atoms with Crippen LogP contribution in [0.25, 0.3) is 5.82 Å². The molecule has 0 aliphatic rings. The summed E-state index contributed by atoms with van der Waals surface area (Å²) in [5.74, 6) is -0.320. The Balaban J connectivity index is 2.42. The number of ether oxygens (including phenoxy) is 1. The molecule has 8 heteroatoms. The van der Waals surface area contributed by atoms with E-state index in [0.717, 1.165) is 12.3 Å². The first-order valence-corrected chi connectivity index (χ1v) is 6.52. The van der Waals surface area contributed by atoms with Gasteiger partial charge in [-0.25, -0.2) is 14.5 Å². The summed E-state index contributed by atoms with van der Waals surface area (Å²) in [5.41, 5.74) is 0.341. The molecule has 0 bridgehead atoms. The SMILES string of the molecule is CCOC(=O)c1c(C)nn(-c2ccc(C(F)(F)F)cn2)c1C. The van der Waals surface area contributed by atoms with Crippen molar-refractivity contribution in [1.82, 2.24) is 14.8 Å². The van der Waals surface area contributed by atoms with Crippen LogP contribution in [0, 0.1) is 13.8 Å². The van der Waals surface area contributed by atoms with Crippen molar-refractivity contribution >= 4 is 5.97 Å². The average molecular weight is 313 g/mol. The molecule has 5 nitrogen and oxygen atoms in total. The number of rotatable bonds is 3. The van der Waals surface area contributed by atoms with Crippen molar-refractivity contribution in [3.8, 4) is 5.82 Å². The molecule has 0 spiro atoms. The highest BCUT2D eigenvalue weighted by molar-refractivity contribution is 5.92. The fourth-order valence-corrected chi connectivity index (χ4v) is 2.04. The first-order valence-electron chi connectivity index (χ1n) is 6.52. The maximum absolute atomic E-state index is 12.5. The van der Waals surface area contributed by atoms with Gasteiger partial charge in [-0.3, -0.25) is 0 Å². The number of esters is 1. The smallest absolute Gasteiger partial charge is 0.417 e. The van der Waals surface area contributed by atoms with E-state index in [-0.39, 0.29) is 12.4 Å². The van der Waals surface area contributed by atoms with Crippen molar-refractivity contribution < 1.29 is 22.7 Å². The van der Waals surface area contributed by atoms with E-state index in [2.05, 4.69) is 10.1 Å². The zero-order valence-corrected chi connectivity index (χ0v) is 12.2. The van der Waals surface area contributed by atoms with Crippen LogP contribution >= 0.6 is 0 Å². The molecule has 0 unspecified atom stereocenters. The van der Waals surface area contributed by atoms with Gasteiger partial charge in [-0.2, -0.15) is 18.3 Å². The molecule has 0 saturated carbocycles. The van der Waals surface area contributed by atoms with Crippen molar-refractivity contribution in [2.24, 2.45) is 0 Å². The normalized spacial score (nSPS) is 11.5. The van der Waals surface area contributed by atoms with Crippen LogP contribution < -0.4 is 0 Å². The minimum atomic E-state index is -4.45. The second kappa shape index (κ2) is 5.78. The summed E-state index contributed by atoms with van der Waals surface area (Å²) in [6, 6.07) is 2.13. The molecule has 2 heterocycles. The number of pyridine rings is 1. The predicted molar refractivity (Wildman–Crippen MR) is 71.8 cm³/mol. The van der Waals surface area contributed by atoms with Gasteiger partial charge in [0.25, 0.3) is 0 Å². The maximum Gasteiger partial charge on any atom is 0.417 e. The highest BCUT2D eigenvalue weighted by Crippen LogP contribution is 2.29. The number of carbonyl (C=O) groups excluding carboxylic acids is 1. The Bertz CT molecular complexity index is 691. The third-order valence-electron chi connectivity index (χ3n) is 3.06. The van der Waals surface area contributed by atoms with Gasteiger partial charge in [-0.05, 0) is 32.9 Å². The van der Waals surface area contributed by atoms with Gasteiger partial charge in [0.15, 0.2) is 5.82 Å². The molecule has 0 N–H and O–H groups in total. The van der Waals surface area contributed by atoms with Crippen LogP contribution in [0.15, 0.2) is 18.3 Å². The first kappa shape index (κ1) is 16.0. The molecule has 2 aromatic heterocycles. The van der Waals surface area contributed by atoms with Crippen LogP contribution in [-0.2, 0) is 10.9 Å². The van der Waals surface area contributed by atoms with Crippen LogP contribution in [0.5, 0.6) is 0 Å². The number of nitrogens with zero attached hydrogens (tertiary/aromatic N) is 3. The molecule has 2 rings (SSSR count). The van der Waals surface area contributed by atoms with Crippen molar-refractivity contribution in [1.29, 1.82) is 0 Å². The van der Waals surface area contributed by atoms with Gasteiger partial charge in [0.1, 0.15) is 5.56 Å². The van der Waals surface area contributed by atoms with E-state index in [0.29, 0.717) is 17.0 Å². The van der Waals surface area contributed by atoms with Crippen LogP contribution in [0.4, 0.5) is 13.2 Å². The number of aryl methyl sites for hydroxylation is 1. The van der Waals surface area contributed by atoms with Crippen LogP contribution in [0.3, 0.4) is 0 Å². The molecule has 0 amide bonds. The van der Waals surface area contributed by atoms with Gasteiger partial charge in [0.2, 0.25) is 0 Å². The van der Waals surface area contributed by atoms with Gasteiger partial charge >= 0.3 is 12.1 Å². The molecular weight excluding hydrogens is 299 g/mol. The Morgan fingerprint density at radius 1 is 1.32 bits per heavy atom. The zero-order chi connectivity index (χ0) is 16.5. The van der Waals surface area contributed by atoms with E-state index < -0.39 is 17.7 Å². The number of aromatic nitrogens is 3. The third-order valence-corrected chi connectivity index (χ3v) is 3.06. The Hall–Kier alpha value is -2.38. The summed E-state index contributed by atoms with van der Waals surface area (Å²) >= 11 is 0. The molecule has 0 radical (unpaired) electrons. The highest BCUT2D eigenvalue weighted by Gasteiger charge is 2.31. The molecule has 118 valence electrons. The highest BCUT2D eigenvalue weighted by atomic mass is 19.4. The Labute approximate surface area is 124 Å². The van der Waals surface area contributed by atoms with Crippen molar-refractivity contribution in [2.45, 2.75) is 26.9 Å². The van der Waals surface area contributed by atoms with Gasteiger partial charge in [-0.15, -0.1) is 0 Å². The fourth-order valence-electron chi connectivity index (χ4n) is 2.04. The lowest BCUT2D eigenvalue weighted by molar-refractivity contribution is -0.137. The van der Waals surface area contributed by atoms with E-state index in [1.165, 1.54) is 10.7 Å². The number of hydrogen-bond donors (Lipinski definition) is 0. The predicted octanol–water partition coefficient (Wildman–Crippen LogP) is 3.08. The monoisotopic (exact) mass is 313 g/mol. The lowest BCUT2D eigenvalue weighted by Gasteiger charge is -2.08. The molecule has 0 aliphatic carbocycles. The molecule has 2 aromatic rings. The number of halogens is 3. The van der Waals surface area contributed by atoms with Gasteiger partial charge in [0, 0.05) is 6.20 Å². The third kappa shape index (κ3) is 2.95. The van der Waals surface area contributed by atoms with E-state index in [4.69, 9.17) is 4.74 Å². The summed E-state index contributed by atoms with van der Waals surface area (Å²) in [6.07, 6.45) is -3.72. The van der Waals surface area contributed by atoms with E-state index >= 15 is 0 Å². The minimum Gasteiger partial charge on any atom is -0.462 e. The molecule has 22 heavy (non-hydrogen) atoms. The van der Waals surface area contributed by atoms with Crippen LogP contribution in [0.1, 0.15) is 34.2 Å². The zero-order valence-electron chi connectivity index (χ0n) is 12.2. The van der Waals surface area contributed by atoms with Crippen molar-refractivity contribution in [2.75, 3.05) is 6.61 Å². The molecule has 0 aromatic carbocycles. The number of hydrogen-bond acceptors (Lipinski definition) is 4. The summed E-state index contributed by atoms with van der Waals surface area (Å²) < 4.78 is 43.9. The minimum absolute atomic E-state index is 0.198. The Morgan fingerprint density at radius 3 is 2.50 bits per heavy atom. The molecular formula is C14H14F3N3O2. The standard InChI is InChI=1S/C14H14F3N3O2/c1-4-22-13(21)12-8(2)19-20(9(12)3)11-6-5-10(7-18-11)14(15,16)17/h5-7H,4H2,1-3H3. The molecule has 0 aliphatic heterocycles. The van der Waals surface area contributed by atoms with Crippen molar-refractivity contribution in [3.63, 3.8) is 0 Å². The van der Waals surface area contributed by atoms with Crippen molar-refractivity contribution in [3.05, 3.63) is 40.8 Å². The lowest BCUT2D eigenvalue weighted by Crippen LogP contribution is -2.09. The second-order valence-electron chi connectivity index (χ2n) is 4.58. The lowest BCUT2D eigenvalue weighted by atomic mass is 10.2. The molecule has 0 atom stereocenters. The summed E-state index contributed by atoms with van der Waals surface area (Å²) in [7, 11) is 0. The van der Waals surface area contributed by atoms with Gasteiger partial charge in [-0.1, -0.05) is 0 Å². The van der Waals surface area contributed by atoms with E-state index in [1.807, 2.05) is 0 Å². The van der Waals surface area contributed by atoms with Crippen LogP contribution in [-0.4, -0.2) is 27.3 Å². The quantitative estimate of drug-likeness (QED) is 0.817. The maximum atomic E-state index is 12.5. The van der Waals surface area contributed by atoms with E-state index in [9.17, 15) is 18.0 Å². The second-order valence-corrected chi connectivity index (χ2v) is 4.58. The largest absolute Gasteiger partial charge is 0.462 e.